The van der Waals surface area contributed by atoms with Crippen molar-refractivity contribution in [2.75, 3.05) is 5.73 Å². The molecule has 6 heteroatoms. The monoisotopic (exact) mass is 347 g/mol. The van der Waals surface area contributed by atoms with Crippen LogP contribution in [0.5, 0.6) is 11.6 Å². The maximum absolute atomic E-state index is 5.97. The molecule has 82 valence electrons. The van der Waals surface area contributed by atoms with E-state index in [1.807, 2.05) is 0 Å². The van der Waals surface area contributed by atoms with Crippen molar-refractivity contribution in [1.82, 2.24) is 9.97 Å². The Morgan fingerprint density at radius 3 is 2.94 bits per heavy atom. The summed E-state index contributed by atoms with van der Waals surface area (Å²) in [7, 11) is 0. The van der Waals surface area contributed by atoms with Gasteiger partial charge in [0, 0.05) is 18.0 Å². The lowest BCUT2D eigenvalue weighted by molar-refractivity contribution is 0.458. The van der Waals surface area contributed by atoms with Crippen molar-refractivity contribution < 1.29 is 4.74 Å². The van der Waals surface area contributed by atoms with Gasteiger partial charge in [-0.05, 0) is 34.7 Å². The quantitative estimate of drug-likeness (QED) is 0.670. The molecule has 0 amide bonds. The van der Waals surface area contributed by atoms with E-state index in [9.17, 15) is 0 Å². The first-order valence-corrected chi connectivity index (χ1v) is 5.81. The highest BCUT2D eigenvalue weighted by Gasteiger charge is 2.07. The molecule has 4 nitrogen and oxygen atoms in total. The molecular weight excluding hydrogens is 340 g/mol. The number of rotatable bonds is 2. The molecule has 0 aliphatic heterocycles. The highest BCUT2D eigenvalue weighted by atomic mass is 127. The Morgan fingerprint density at radius 1 is 1.38 bits per heavy atom. The first-order valence-electron chi connectivity index (χ1n) is 4.35. The van der Waals surface area contributed by atoms with Crippen LogP contribution in [0.3, 0.4) is 0 Å². The zero-order chi connectivity index (χ0) is 11.5. The molecule has 2 N–H and O–H groups in total. The van der Waals surface area contributed by atoms with Crippen LogP contribution in [0, 0.1) is 3.57 Å². The average Bonchev–Trinajstić information content (AvgIpc) is 2.27. The molecule has 0 saturated heterocycles. The van der Waals surface area contributed by atoms with E-state index in [2.05, 4.69) is 32.6 Å². The molecule has 2 aromatic rings. The highest BCUT2D eigenvalue weighted by molar-refractivity contribution is 14.1. The Bertz CT molecular complexity index is 521. The van der Waals surface area contributed by atoms with Crippen LogP contribution >= 0.6 is 34.2 Å². The average molecular weight is 348 g/mol. The number of anilines is 1. The summed E-state index contributed by atoms with van der Waals surface area (Å²) in [5.74, 6) is 0.946. The fraction of sp³-hybridized carbons (Fsp3) is 0. The topological polar surface area (TPSA) is 61.0 Å². The van der Waals surface area contributed by atoms with Crippen LogP contribution in [-0.2, 0) is 0 Å². The summed E-state index contributed by atoms with van der Waals surface area (Å²) in [5.41, 5.74) is 6.23. The van der Waals surface area contributed by atoms with E-state index >= 15 is 0 Å². The van der Waals surface area contributed by atoms with Crippen molar-refractivity contribution in [1.29, 1.82) is 0 Å². The van der Waals surface area contributed by atoms with Crippen molar-refractivity contribution in [2.45, 2.75) is 0 Å². The minimum Gasteiger partial charge on any atom is -0.436 e. The van der Waals surface area contributed by atoms with Crippen LogP contribution in [0.4, 0.5) is 5.69 Å². The molecule has 0 bridgehead atoms. The molecule has 2 rings (SSSR count). The summed E-state index contributed by atoms with van der Waals surface area (Å²) in [6, 6.07) is 5.04. The SMILES string of the molecule is Nc1ccc(Cl)c(Oc2ncncc2I)c1. The summed E-state index contributed by atoms with van der Waals surface area (Å²) < 4.78 is 6.35. The highest BCUT2D eigenvalue weighted by Crippen LogP contribution is 2.31. The molecule has 0 atom stereocenters. The first-order chi connectivity index (χ1) is 7.66. The third-order valence-corrected chi connectivity index (χ3v) is 2.85. The third-order valence-electron chi connectivity index (χ3n) is 1.80. The van der Waals surface area contributed by atoms with E-state index in [1.165, 1.54) is 6.33 Å². The number of hydrogen-bond acceptors (Lipinski definition) is 4. The summed E-state index contributed by atoms with van der Waals surface area (Å²) in [6.07, 6.45) is 3.07. The number of hydrogen-bond donors (Lipinski definition) is 1. The lowest BCUT2D eigenvalue weighted by Gasteiger charge is -2.08. The Hall–Kier alpha value is -1.08. The van der Waals surface area contributed by atoms with Gasteiger partial charge in [0.15, 0.2) is 0 Å². The van der Waals surface area contributed by atoms with Gasteiger partial charge >= 0.3 is 0 Å². The number of nitrogens with zero attached hydrogens (tertiary/aromatic N) is 2. The molecule has 0 spiro atoms. The predicted octanol–water partition coefficient (Wildman–Crippen LogP) is 3.11. The molecule has 0 aliphatic rings. The Kier molecular flexibility index (Phi) is 3.45. The third kappa shape index (κ3) is 2.53. The Labute approximate surface area is 111 Å². The number of benzene rings is 1. The maximum Gasteiger partial charge on any atom is 0.235 e. The maximum atomic E-state index is 5.97. The van der Waals surface area contributed by atoms with Gasteiger partial charge in [-0.1, -0.05) is 11.6 Å². The fourth-order valence-electron chi connectivity index (χ4n) is 1.08. The predicted molar refractivity (Wildman–Crippen MR) is 70.7 cm³/mol. The molecule has 0 fully saturated rings. The summed E-state index contributed by atoms with van der Waals surface area (Å²) in [5, 5.41) is 0.489. The van der Waals surface area contributed by atoms with Gasteiger partial charge in [0.1, 0.15) is 12.1 Å². The Balaban J connectivity index is 2.34. The summed E-state index contributed by atoms with van der Waals surface area (Å²) >= 11 is 8.06. The minimum absolute atomic E-state index is 0.461. The largest absolute Gasteiger partial charge is 0.436 e. The summed E-state index contributed by atoms with van der Waals surface area (Å²) in [4.78, 5) is 7.87. The number of ether oxygens (including phenoxy) is 1. The van der Waals surface area contributed by atoms with E-state index in [0.717, 1.165) is 3.57 Å². The van der Waals surface area contributed by atoms with Gasteiger partial charge in [-0.3, -0.25) is 0 Å². The van der Waals surface area contributed by atoms with Gasteiger partial charge in [0.2, 0.25) is 5.88 Å². The van der Waals surface area contributed by atoms with Crippen LogP contribution in [0.1, 0.15) is 0 Å². The molecule has 0 saturated carbocycles. The van der Waals surface area contributed by atoms with Crippen LogP contribution in [0.2, 0.25) is 5.02 Å². The number of nitrogens with two attached hydrogens (primary N) is 1. The van der Waals surface area contributed by atoms with Crippen LogP contribution in [0.15, 0.2) is 30.7 Å². The van der Waals surface area contributed by atoms with Crippen LogP contribution in [-0.4, -0.2) is 9.97 Å². The second-order valence-corrected chi connectivity index (χ2v) is 4.54. The second-order valence-electron chi connectivity index (χ2n) is 2.97. The van der Waals surface area contributed by atoms with E-state index in [0.29, 0.717) is 22.3 Å². The molecule has 16 heavy (non-hydrogen) atoms. The number of halogens is 2. The van der Waals surface area contributed by atoms with E-state index in [4.69, 9.17) is 22.1 Å². The molecule has 0 aliphatic carbocycles. The molecule has 1 aromatic carbocycles. The first kappa shape index (κ1) is 11.4. The number of aromatic nitrogens is 2. The molecule has 0 radical (unpaired) electrons. The van der Waals surface area contributed by atoms with Gasteiger partial charge in [-0.15, -0.1) is 0 Å². The van der Waals surface area contributed by atoms with Gasteiger partial charge in [0.05, 0.1) is 8.59 Å². The van der Waals surface area contributed by atoms with Crippen molar-refractivity contribution in [2.24, 2.45) is 0 Å². The van der Waals surface area contributed by atoms with Gasteiger partial charge in [-0.25, -0.2) is 9.97 Å². The van der Waals surface area contributed by atoms with Crippen molar-refractivity contribution in [3.05, 3.63) is 39.3 Å². The zero-order valence-corrected chi connectivity index (χ0v) is 10.9. The molecule has 1 aromatic heterocycles. The van der Waals surface area contributed by atoms with Crippen molar-refractivity contribution in [3.8, 4) is 11.6 Å². The lowest BCUT2D eigenvalue weighted by atomic mass is 10.3. The zero-order valence-electron chi connectivity index (χ0n) is 8.02. The number of nitrogen functional groups attached to an aromatic ring is 1. The van der Waals surface area contributed by atoms with Gasteiger partial charge in [-0.2, -0.15) is 0 Å². The van der Waals surface area contributed by atoms with Crippen molar-refractivity contribution >= 4 is 39.9 Å². The van der Waals surface area contributed by atoms with Gasteiger partial charge in [0.25, 0.3) is 0 Å². The standard InChI is InChI=1S/C10H7ClIN3O/c11-7-2-1-6(13)3-9(7)16-10-8(12)4-14-5-15-10/h1-5H,13H2. The molecule has 0 unspecified atom stereocenters. The van der Waals surface area contributed by atoms with Crippen LogP contribution in [0.25, 0.3) is 0 Å². The van der Waals surface area contributed by atoms with Crippen molar-refractivity contribution in [3.63, 3.8) is 0 Å². The Morgan fingerprint density at radius 2 is 2.19 bits per heavy atom. The minimum atomic E-state index is 0.461. The fourth-order valence-corrected chi connectivity index (χ4v) is 1.65. The smallest absolute Gasteiger partial charge is 0.235 e. The van der Waals surface area contributed by atoms with E-state index in [1.54, 1.807) is 24.4 Å². The van der Waals surface area contributed by atoms with Gasteiger partial charge < -0.3 is 10.5 Å². The molecular formula is C10H7ClIN3O. The molecule has 1 heterocycles. The van der Waals surface area contributed by atoms with E-state index in [-0.39, 0.29) is 0 Å². The lowest BCUT2D eigenvalue weighted by Crippen LogP contribution is -1.93. The second kappa shape index (κ2) is 4.84. The normalized spacial score (nSPS) is 10.1. The summed E-state index contributed by atoms with van der Waals surface area (Å²) in [6.45, 7) is 0. The van der Waals surface area contributed by atoms with Crippen LogP contribution < -0.4 is 10.5 Å². The van der Waals surface area contributed by atoms with E-state index < -0.39 is 0 Å².